The van der Waals surface area contributed by atoms with Crippen molar-refractivity contribution in [3.05, 3.63) is 23.5 Å². The second-order valence-corrected chi connectivity index (χ2v) is 2.25. The fraction of sp³-hybridized carbons (Fsp3) is 0.250. The number of aromatic hydroxyl groups is 1. The molecule has 0 radical (unpaired) electrons. The van der Waals surface area contributed by atoms with Crippen molar-refractivity contribution in [2.24, 2.45) is 0 Å². The van der Waals surface area contributed by atoms with Crippen molar-refractivity contribution in [1.29, 1.82) is 0 Å². The fourth-order valence-electron chi connectivity index (χ4n) is 0.903. The Kier molecular flexibility index (Phi) is 2.50. The maximum atomic E-state index is 13.1. The third-order valence-corrected chi connectivity index (χ3v) is 1.53. The van der Waals surface area contributed by atoms with Crippen molar-refractivity contribution in [3.8, 4) is 11.5 Å². The molecule has 1 rings (SSSR count). The van der Waals surface area contributed by atoms with Gasteiger partial charge >= 0.3 is 0 Å². The van der Waals surface area contributed by atoms with E-state index in [4.69, 9.17) is 10.2 Å². The van der Waals surface area contributed by atoms with E-state index < -0.39 is 12.4 Å². The molecule has 4 heteroatoms. The van der Waals surface area contributed by atoms with Gasteiger partial charge in [0.15, 0.2) is 17.3 Å². The highest BCUT2D eigenvalue weighted by atomic mass is 19.1. The van der Waals surface area contributed by atoms with Crippen molar-refractivity contribution < 1.29 is 19.3 Å². The Labute approximate surface area is 69.0 Å². The van der Waals surface area contributed by atoms with Gasteiger partial charge in [-0.2, -0.15) is 0 Å². The summed E-state index contributed by atoms with van der Waals surface area (Å²) in [7, 11) is 1.25. The van der Waals surface area contributed by atoms with Crippen LogP contribution in [0.15, 0.2) is 12.1 Å². The van der Waals surface area contributed by atoms with Crippen LogP contribution in [0, 0.1) is 5.82 Å². The summed E-state index contributed by atoms with van der Waals surface area (Å²) in [4.78, 5) is 0. The molecule has 0 spiro atoms. The Balaban J connectivity index is 3.24. The van der Waals surface area contributed by atoms with Crippen molar-refractivity contribution in [3.63, 3.8) is 0 Å². The summed E-state index contributed by atoms with van der Waals surface area (Å²) >= 11 is 0. The van der Waals surface area contributed by atoms with Gasteiger partial charge in [0.25, 0.3) is 0 Å². The fourth-order valence-corrected chi connectivity index (χ4v) is 0.903. The number of aliphatic hydroxyl groups is 1. The highest BCUT2D eigenvalue weighted by Crippen LogP contribution is 2.30. The smallest absolute Gasteiger partial charge is 0.196 e. The quantitative estimate of drug-likeness (QED) is 0.700. The van der Waals surface area contributed by atoms with Crippen molar-refractivity contribution in [2.75, 3.05) is 7.11 Å². The highest BCUT2D eigenvalue weighted by Gasteiger charge is 2.12. The first kappa shape index (κ1) is 8.80. The summed E-state index contributed by atoms with van der Waals surface area (Å²) < 4.78 is 17.7. The molecule has 66 valence electrons. The largest absolute Gasteiger partial charge is 0.504 e. The maximum absolute atomic E-state index is 13.1. The second kappa shape index (κ2) is 3.40. The lowest BCUT2D eigenvalue weighted by Gasteiger charge is -2.06. The van der Waals surface area contributed by atoms with E-state index >= 15 is 0 Å². The van der Waals surface area contributed by atoms with Crippen LogP contribution in [-0.2, 0) is 6.61 Å². The molecule has 2 N–H and O–H groups in total. The molecule has 0 aliphatic carbocycles. The van der Waals surface area contributed by atoms with Gasteiger partial charge in [0.05, 0.1) is 13.7 Å². The van der Waals surface area contributed by atoms with Crippen LogP contribution in [0.2, 0.25) is 0 Å². The van der Waals surface area contributed by atoms with E-state index in [0.29, 0.717) is 0 Å². The Morgan fingerprint density at radius 2 is 2.17 bits per heavy atom. The molecule has 0 saturated carbocycles. The maximum Gasteiger partial charge on any atom is 0.196 e. The van der Waals surface area contributed by atoms with Crippen LogP contribution in [0.1, 0.15) is 5.56 Å². The SMILES string of the molecule is COc1c(O)ccc(CO)c1F. The molecule has 0 unspecified atom stereocenters. The number of phenolic OH excluding ortho intramolecular Hbond substituents is 1. The third kappa shape index (κ3) is 1.33. The summed E-state index contributed by atoms with van der Waals surface area (Å²) in [5, 5.41) is 17.7. The number of phenols is 1. The molecule has 0 aromatic heterocycles. The van der Waals surface area contributed by atoms with Crippen LogP contribution < -0.4 is 4.74 Å². The van der Waals surface area contributed by atoms with Gasteiger partial charge in [-0.3, -0.25) is 0 Å². The lowest BCUT2D eigenvalue weighted by atomic mass is 10.2. The second-order valence-electron chi connectivity index (χ2n) is 2.25. The predicted octanol–water partition coefficient (Wildman–Crippen LogP) is 1.03. The van der Waals surface area contributed by atoms with E-state index in [0.717, 1.165) is 0 Å². The van der Waals surface area contributed by atoms with E-state index in [1.165, 1.54) is 19.2 Å². The molecule has 0 fully saturated rings. The van der Waals surface area contributed by atoms with Crippen molar-refractivity contribution in [1.82, 2.24) is 0 Å². The number of halogens is 1. The average molecular weight is 172 g/mol. The average Bonchev–Trinajstić information content (AvgIpc) is 2.06. The van der Waals surface area contributed by atoms with Gasteiger partial charge in [0.1, 0.15) is 0 Å². The van der Waals surface area contributed by atoms with Gasteiger partial charge in [0, 0.05) is 5.56 Å². The van der Waals surface area contributed by atoms with Gasteiger partial charge < -0.3 is 14.9 Å². The van der Waals surface area contributed by atoms with Crippen LogP contribution in [0.3, 0.4) is 0 Å². The van der Waals surface area contributed by atoms with Gasteiger partial charge in [-0.15, -0.1) is 0 Å². The highest BCUT2D eigenvalue weighted by molar-refractivity contribution is 5.43. The van der Waals surface area contributed by atoms with E-state index in [1.54, 1.807) is 0 Å². The van der Waals surface area contributed by atoms with E-state index in [1.807, 2.05) is 0 Å². The molecule has 0 aliphatic rings. The number of benzene rings is 1. The number of hydrogen-bond donors (Lipinski definition) is 2. The molecule has 1 aromatic rings. The predicted molar refractivity (Wildman–Crippen MR) is 40.5 cm³/mol. The Bertz CT molecular complexity index is 286. The molecule has 0 amide bonds. The van der Waals surface area contributed by atoms with Crippen LogP contribution in [0.5, 0.6) is 11.5 Å². The van der Waals surface area contributed by atoms with Crippen LogP contribution in [0.4, 0.5) is 4.39 Å². The first-order valence-corrected chi connectivity index (χ1v) is 3.36. The minimum Gasteiger partial charge on any atom is -0.504 e. The lowest BCUT2D eigenvalue weighted by Crippen LogP contribution is -1.94. The molecule has 0 atom stereocenters. The summed E-state index contributed by atoms with van der Waals surface area (Å²) in [6.45, 7) is -0.414. The monoisotopic (exact) mass is 172 g/mol. The molecule has 0 heterocycles. The zero-order valence-corrected chi connectivity index (χ0v) is 6.54. The summed E-state index contributed by atoms with van der Waals surface area (Å²) in [5.41, 5.74) is 0.102. The Morgan fingerprint density at radius 3 is 2.67 bits per heavy atom. The minimum absolute atomic E-state index is 0.102. The van der Waals surface area contributed by atoms with E-state index in [2.05, 4.69) is 4.74 Å². The molecule has 1 aromatic carbocycles. The zero-order chi connectivity index (χ0) is 9.14. The molecule has 0 bridgehead atoms. The number of aliphatic hydroxyl groups excluding tert-OH is 1. The normalized spacial score (nSPS) is 9.92. The molecule has 12 heavy (non-hydrogen) atoms. The van der Waals surface area contributed by atoms with Gasteiger partial charge in [0.2, 0.25) is 0 Å². The van der Waals surface area contributed by atoms with Gasteiger partial charge in [-0.05, 0) is 12.1 Å². The minimum atomic E-state index is -0.722. The standard InChI is InChI=1S/C8H9FO3/c1-12-8-6(11)3-2-5(4-10)7(8)9/h2-3,10-11H,4H2,1H3. The van der Waals surface area contributed by atoms with Gasteiger partial charge in [-0.1, -0.05) is 0 Å². The number of methoxy groups -OCH3 is 1. The topological polar surface area (TPSA) is 49.7 Å². The first-order valence-electron chi connectivity index (χ1n) is 3.36. The molecule has 3 nitrogen and oxygen atoms in total. The van der Waals surface area contributed by atoms with Crippen molar-refractivity contribution >= 4 is 0 Å². The summed E-state index contributed by atoms with van der Waals surface area (Å²) in [6.07, 6.45) is 0. The van der Waals surface area contributed by atoms with E-state index in [-0.39, 0.29) is 17.1 Å². The van der Waals surface area contributed by atoms with Crippen LogP contribution >= 0.6 is 0 Å². The molecule has 0 aliphatic heterocycles. The lowest BCUT2D eigenvalue weighted by molar-refractivity contribution is 0.271. The van der Waals surface area contributed by atoms with Gasteiger partial charge in [-0.25, -0.2) is 4.39 Å². The number of ether oxygens (including phenoxy) is 1. The summed E-state index contributed by atoms with van der Waals surface area (Å²) in [5.74, 6) is -1.23. The summed E-state index contributed by atoms with van der Waals surface area (Å²) in [6, 6.07) is 2.57. The number of rotatable bonds is 2. The molecular formula is C8H9FO3. The third-order valence-electron chi connectivity index (χ3n) is 1.53. The zero-order valence-electron chi connectivity index (χ0n) is 6.54. The molecule has 0 saturated heterocycles. The molecular weight excluding hydrogens is 163 g/mol. The Hall–Kier alpha value is -1.29. The number of hydrogen-bond acceptors (Lipinski definition) is 3. The van der Waals surface area contributed by atoms with Crippen molar-refractivity contribution in [2.45, 2.75) is 6.61 Å². The van der Waals surface area contributed by atoms with Crippen LogP contribution in [0.25, 0.3) is 0 Å². The Morgan fingerprint density at radius 1 is 1.50 bits per heavy atom. The van der Waals surface area contributed by atoms with Crippen LogP contribution in [-0.4, -0.2) is 17.3 Å². The first-order chi connectivity index (χ1) is 5.70. The van der Waals surface area contributed by atoms with E-state index in [9.17, 15) is 4.39 Å².